The molecule has 0 saturated heterocycles. The number of hydrogen-bond donors (Lipinski definition) is 2. The van der Waals surface area contributed by atoms with E-state index in [4.69, 9.17) is 5.73 Å². The van der Waals surface area contributed by atoms with E-state index in [-0.39, 0.29) is 0 Å². The molecule has 1 atom stereocenters. The molecule has 0 aromatic heterocycles. The Hall–Kier alpha value is -1.87. The molecule has 3 rings (SSSR count). The van der Waals surface area contributed by atoms with Gasteiger partial charge >= 0.3 is 0 Å². The Balaban J connectivity index is 2.40. The highest BCUT2D eigenvalue weighted by Crippen LogP contribution is 2.39. The van der Waals surface area contributed by atoms with Crippen LogP contribution in [0.1, 0.15) is 12.5 Å². The zero-order valence-electron chi connectivity index (χ0n) is 9.99. The smallest absolute Gasteiger partial charge is 0.125 e. The first-order chi connectivity index (χ1) is 8.14. The number of fused-ring (bicyclic) bond motifs is 3. The van der Waals surface area contributed by atoms with Gasteiger partial charge in [-0.1, -0.05) is 30.3 Å². The zero-order chi connectivity index (χ0) is 12.0. The molecular weight excluding hydrogens is 210 g/mol. The summed E-state index contributed by atoms with van der Waals surface area (Å²) in [6.07, 6.45) is 0. The lowest BCUT2D eigenvalue weighted by Crippen LogP contribution is -2.40. The molecule has 3 nitrogen and oxygen atoms in total. The van der Waals surface area contributed by atoms with Crippen molar-refractivity contribution >= 4 is 22.3 Å². The van der Waals surface area contributed by atoms with Crippen LogP contribution in [0.2, 0.25) is 0 Å². The number of aliphatic imine (C=N–C) groups is 1. The Morgan fingerprint density at radius 1 is 1.18 bits per heavy atom. The van der Waals surface area contributed by atoms with Crippen LogP contribution >= 0.6 is 0 Å². The van der Waals surface area contributed by atoms with Crippen molar-refractivity contribution in [3.05, 3.63) is 42.0 Å². The van der Waals surface area contributed by atoms with Crippen molar-refractivity contribution in [1.29, 1.82) is 0 Å². The molecule has 0 aliphatic carbocycles. The van der Waals surface area contributed by atoms with Gasteiger partial charge in [-0.3, -0.25) is 4.99 Å². The summed E-state index contributed by atoms with van der Waals surface area (Å²) in [5, 5.41) is 5.70. The van der Waals surface area contributed by atoms with Gasteiger partial charge in [0, 0.05) is 18.3 Å². The summed E-state index contributed by atoms with van der Waals surface area (Å²) in [5.74, 6) is 0.823. The number of nitrogens with one attached hydrogen (secondary N) is 1. The monoisotopic (exact) mass is 225 g/mol. The fraction of sp³-hybridized carbons (Fsp3) is 0.214. The lowest BCUT2D eigenvalue weighted by atomic mass is 9.90. The van der Waals surface area contributed by atoms with Crippen LogP contribution in [-0.2, 0) is 5.54 Å². The fourth-order valence-electron chi connectivity index (χ4n) is 2.60. The summed E-state index contributed by atoms with van der Waals surface area (Å²) in [7, 11) is 1.77. The lowest BCUT2D eigenvalue weighted by Gasteiger charge is -2.20. The van der Waals surface area contributed by atoms with E-state index < -0.39 is 5.54 Å². The minimum absolute atomic E-state index is 0.537. The summed E-state index contributed by atoms with van der Waals surface area (Å²) in [5.41, 5.74) is 8.08. The van der Waals surface area contributed by atoms with Gasteiger partial charge in [0.25, 0.3) is 0 Å². The average Bonchev–Trinajstić information content (AvgIpc) is 2.61. The van der Waals surface area contributed by atoms with Crippen molar-refractivity contribution in [2.75, 3.05) is 12.4 Å². The highest BCUT2D eigenvalue weighted by molar-refractivity contribution is 6.13. The van der Waals surface area contributed by atoms with Crippen molar-refractivity contribution in [3.8, 4) is 0 Å². The molecule has 0 amide bonds. The Bertz CT molecular complexity index is 626. The maximum atomic E-state index is 6.42. The number of benzene rings is 2. The lowest BCUT2D eigenvalue weighted by molar-refractivity contribution is 0.697. The van der Waals surface area contributed by atoms with E-state index in [9.17, 15) is 0 Å². The van der Waals surface area contributed by atoms with Crippen molar-refractivity contribution in [1.82, 2.24) is 0 Å². The van der Waals surface area contributed by atoms with Crippen molar-refractivity contribution in [3.63, 3.8) is 0 Å². The molecule has 1 aliphatic rings. The molecule has 1 heterocycles. The van der Waals surface area contributed by atoms with Gasteiger partial charge < -0.3 is 11.1 Å². The highest BCUT2D eigenvalue weighted by Gasteiger charge is 2.37. The van der Waals surface area contributed by atoms with Crippen molar-refractivity contribution in [2.24, 2.45) is 10.7 Å². The second-order valence-electron chi connectivity index (χ2n) is 4.61. The molecule has 0 saturated carbocycles. The molecule has 0 fully saturated rings. The standard InChI is InChI=1S/C14H15N3/c1-14(15)12-10-6-4-3-5-9(10)7-8-11(12)17-13(14)16-2/h3-8H,15H2,1-2H3,(H,16,17). The Morgan fingerprint density at radius 2 is 1.94 bits per heavy atom. The van der Waals surface area contributed by atoms with E-state index in [1.54, 1.807) is 7.05 Å². The SMILES string of the molecule is CN=C1Nc2ccc3ccccc3c2C1(C)N. The molecule has 1 aliphatic heterocycles. The molecule has 2 aromatic carbocycles. The van der Waals surface area contributed by atoms with Crippen LogP contribution in [-0.4, -0.2) is 12.9 Å². The summed E-state index contributed by atoms with van der Waals surface area (Å²) in [6.45, 7) is 2.00. The van der Waals surface area contributed by atoms with Crippen molar-refractivity contribution in [2.45, 2.75) is 12.5 Å². The molecule has 3 N–H and O–H groups in total. The maximum absolute atomic E-state index is 6.42. The number of nitrogens with two attached hydrogens (primary N) is 1. The Morgan fingerprint density at radius 3 is 2.71 bits per heavy atom. The van der Waals surface area contributed by atoms with Gasteiger partial charge in [0.2, 0.25) is 0 Å². The average molecular weight is 225 g/mol. The molecule has 0 spiro atoms. The van der Waals surface area contributed by atoms with Gasteiger partial charge in [0.15, 0.2) is 0 Å². The quantitative estimate of drug-likeness (QED) is 0.723. The van der Waals surface area contributed by atoms with E-state index >= 15 is 0 Å². The minimum Gasteiger partial charge on any atom is -0.342 e. The molecular formula is C14H15N3. The first kappa shape index (κ1) is 10.3. The second kappa shape index (κ2) is 3.31. The van der Waals surface area contributed by atoms with Crippen LogP contribution in [0.3, 0.4) is 0 Å². The van der Waals surface area contributed by atoms with Crippen LogP contribution in [0.15, 0.2) is 41.4 Å². The third-order valence-corrected chi connectivity index (χ3v) is 3.42. The first-order valence-corrected chi connectivity index (χ1v) is 5.70. The van der Waals surface area contributed by atoms with Crippen LogP contribution in [0.25, 0.3) is 10.8 Å². The van der Waals surface area contributed by atoms with E-state index in [0.717, 1.165) is 17.1 Å². The molecule has 2 aromatic rings. The molecule has 86 valence electrons. The topological polar surface area (TPSA) is 50.4 Å². The highest BCUT2D eigenvalue weighted by atomic mass is 15.1. The largest absolute Gasteiger partial charge is 0.342 e. The second-order valence-corrected chi connectivity index (χ2v) is 4.61. The molecule has 0 bridgehead atoms. The fourth-order valence-corrected chi connectivity index (χ4v) is 2.60. The van der Waals surface area contributed by atoms with Gasteiger partial charge in [-0.15, -0.1) is 0 Å². The summed E-state index contributed by atoms with van der Waals surface area (Å²) < 4.78 is 0. The Kier molecular flexibility index (Phi) is 2.00. The number of amidine groups is 1. The summed E-state index contributed by atoms with van der Waals surface area (Å²) >= 11 is 0. The van der Waals surface area contributed by atoms with E-state index in [0.29, 0.717) is 0 Å². The van der Waals surface area contributed by atoms with Gasteiger partial charge in [0.1, 0.15) is 5.84 Å². The van der Waals surface area contributed by atoms with E-state index in [1.165, 1.54) is 10.8 Å². The third kappa shape index (κ3) is 1.29. The first-order valence-electron chi connectivity index (χ1n) is 5.70. The predicted molar refractivity (Wildman–Crippen MR) is 72.5 cm³/mol. The summed E-state index contributed by atoms with van der Waals surface area (Å²) in [4.78, 5) is 4.24. The third-order valence-electron chi connectivity index (χ3n) is 3.42. The normalized spacial score (nSPS) is 25.0. The van der Waals surface area contributed by atoms with Crippen LogP contribution in [0.4, 0.5) is 5.69 Å². The van der Waals surface area contributed by atoms with Gasteiger partial charge in [-0.05, 0) is 23.8 Å². The van der Waals surface area contributed by atoms with Gasteiger partial charge in [-0.2, -0.15) is 0 Å². The van der Waals surface area contributed by atoms with Gasteiger partial charge in [0.05, 0.1) is 5.54 Å². The number of anilines is 1. The molecule has 0 radical (unpaired) electrons. The minimum atomic E-state index is -0.537. The van der Waals surface area contributed by atoms with Gasteiger partial charge in [-0.25, -0.2) is 0 Å². The zero-order valence-corrected chi connectivity index (χ0v) is 9.99. The van der Waals surface area contributed by atoms with Crippen LogP contribution in [0.5, 0.6) is 0 Å². The molecule has 3 heteroatoms. The van der Waals surface area contributed by atoms with E-state index in [2.05, 4.69) is 34.6 Å². The number of rotatable bonds is 0. The predicted octanol–water partition coefficient (Wildman–Crippen LogP) is 2.47. The maximum Gasteiger partial charge on any atom is 0.125 e. The van der Waals surface area contributed by atoms with Crippen LogP contribution < -0.4 is 11.1 Å². The Labute approximate surface area is 100 Å². The number of nitrogens with zero attached hydrogens (tertiary/aromatic N) is 1. The molecule has 17 heavy (non-hydrogen) atoms. The van der Waals surface area contributed by atoms with Crippen molar-refractivity contribution < 1.29 is 0 Å². The van der Waals surface area contributed by atoms with Crippen LogP contribution in [0, 0.1) is 0 Å². The van der Waals surface area contributed by atoms with E-state index in [1.807, 2.05) is 19.1 Å². The summed E-state index contributed by atoms with van der Waals surface area (Å²) in [6, 6.07) is 12.5. The molecule has 1 unspecified atom stereocenters. The number of hydrogen-bond acceptors (Lipinski definition) is 2.